The lowest BCUT2D eigenvalue weighted by Gasteiger charge is -2.31. The van der Waals surface area contributed by atoms with E-state index in [0.717, 1.165) is 5.92 Å². The van der Waals surface area contributed by atoms with Gasteiger partial charge in [-0.15, -0.1) is 0 Å². The van der Waals surface area contributed by atoms with Gasteiger partial charge in [-0.05, 0) is 87.4 Å². The van der Waals surface area contributed by atoms with Crippen molar-refractivity contribution in [2.24, 2.45) is 5.92 Å². The van der Waals surface area contributed by atoms with E-state index in [1.807, 2.05) is 0 Å². The standard InChI is InChI=1S/C20H35N/c1-9-11-12-18(10-2)20(21-8)19-16(6)14(4)13(3)15(5)17(19)7/h18,20-21H,9-12H2,1-8H3. The molecular formula is C20H35N. The fourth-order valence-corrected chi connectivity index (χ4v) is 3.68. The van der Waals surface area contributed by atoms with Crippen LogP contribution in [0.3, 0.4) is 0 Å². The third-order valence-electron chi connectivity index (χ3n) is 5.60. The molecule has 0 aliphatic heterocycles. The molecule has 1 nitrogen and oxygen atoms in total. The van der Waals surface area contributed by atoms with Crippen LogP contribution in [-0.2, 0) is 0 Å². The van der Waals surface area contributed by atoms with Crippen LogP contribution in [0, 0.1) is 40.5 Å². The van der Waals surface area contributed by atoms with Gasteiger partial charge in [-0.1, -0.05) is 33.1 Å². The van der Waals surface area contributed by atoms with Crippen LogP contribution in [0.15, 0.2) is 0 Å². The number of nitrogens with one attached hydrogen (secondary N) is 1. The van der Waals surface area contributed by atoms with Crippen molar-refractivity contribution in [1.82, 2.24) is 5.32 Å². The Labute approximate surface area is 132 Å². The Morgan fingerprint density at radius 2 is 1.29 bits per heavy atom. The van der Waals surface area contributed by atoms with Crippen LogP contribution in [0.25, 0.3) is 0 Å². The first-order valence-electron chi connectivity index (χ1n) is 8.64. The molecule has 0 amide bonds. The normalized spacial score (nSPS) is 14.3. The largest absolute Gasteiger partial charge is 0.313 e. The topological polar surface area (TPSA) is 12.0 Å². The SMILES string of the molecule is CCCCC(CC)C(NC)c1c(C)c(C)c(C)c(C)c1C. The summed E-state index contributed by atoms with van der Waals surface area (Å²) in [5.74, 6) is 0.730. The maximum Gasteiger partial charge on any atom is 0.0351 e. The number of rotatable bonds is 7. The van der Waals surface area contributed by atoms with Crippen LogP contribution in [0.1, 0.15) is 79.0 Å². The first kappa shape index (κ1) is 18.2. The van der Waals surface area contributed by atoms with E-state index in [-0.39, 0.29) is 0 Å². The molecule has 0 aliphatic carbocycles. The first-order valence-corrected chi connectivity index (χ1v) is 8.64. The predicted molar refractivity (Wildman–Crippen MR) is 95.2 cm³/mol. The van der Waals surface area contributed by atoms with Crippen molar-refractivity contribution >= 4 is 0 Å². The molecule has 0 heterocycles. The molecule has 1 N–H and O–H groups in total. The number of unbranched alkanes of at least 4 members (excludes halogenated alkanes) is 1. The molecule has 0 saturated carbocycles. The van der Waals surface area contributed by atoms with Crippen molar-refractivity contribution in [1.29, 1.82) is 0 Å². The summed E-state index contributed by atoms with van der Waals surface area (Å²) in [7, 11) is 2.13. The van der Waals surface area contributed by atoms with Gasteiger partial charge in [-0.2, -0.15) is 0 Å². The second kappa shape index (κ2) is 7.98. The predicted octanol–water partition coefficient (Wildman–Crippen LogP) is 5.71. The minimum absolute atomic E-state index is 0.486. The Balaban J connectivity index is 3.34. The highest BCUT2D eigenvalue weighted by Gasteiger charge is 2.25. The van der Waals surface area contributed by atoms with Gasteiger partial charge in [0.05, 0.1) is 0 Å². The van der Waals surface area contributed by atoms with Gasteiger partial charge in [-0.25, -0.2) is 0 Å². The molecule has 1 aromatic rings. The van der Waals surface area contributed by atoms with E-state index in [4.69, 9.17) is 0 Å². The van der Waals surface area contributed by atoms with E-state index in [1.54, 1.807) is 5.56 Å². The van der Waals surface area contributed by atoms with Gasteiger partial charge in [0.2, 0.25) is 0 Å². The fourth-order valence-electron chi connectivity index (χ4n) is 3.68. The van der Waals surface area contributed by atoms with Crippen molar-refractivity contribution in [2.45, 2.75) is 80.2 Å². The maximum absolute atomic E-state index is 3.63. The lowest BCUT2D eigenvalue weighted by Crippen LogP contribution is -2.27. The second-order valence-corrected chi connectivity index (χ2v) is 6.62. The molecule has 0 aliphatic rings. The lowest BCUT2D eigenvalue weighted by molar-refractivity contribution is 0.337. The number of benzene rings is 1. The van der Waals surface area contributed by atoms with E-state index >= 15 is 0 Å². The van der Waals surface area contributed by atoms with E-state index in [0.29, 0.717) is 6.04 Å². The Hall–Kier alpha value is -0.820. The van der Waals surface area contributed by atoms with E-state index in [9.17, 15) is 0 Å². The van der Waals surface area contributed by atoms with Crippen LogP contribution in [0.2, 0.25) is 0 Å². The smallest absolute Gasteiger partial charge is 0.0351 e. The molecule has 1 heteroatoms. The Morgan fingerprint density at radius 1 is 0.810 bits per heavy atom. The van der Waals surface area contributed by atoms with Crippen LogP contribution >= 0.6 is 0 Å². The van der Waals surface area contributed by atoms with Crippen molar-refractivity contribution in [3.63, 3.8) is 0 Å². The average Bonchev–Trinajstić information content (AvgIpc) is 2.49. The molecule has 0 fully saturated rings. The third kappa shape index (κ3) is 3.69. The molecule has 0 bridgehead atoms. The fraction of sp³-hybridized carbons (Fsp3) is 0.700. The summed E-state index contributed by atoms with van der Waals surface area (Å²) in [4.78, 5) is 0. The first-order chi connectivity index (χ1) is 9.90. The summed E-state index contributed by atoms with van der Waals surface area (Å²) < 4.78 is 0. The molecule has 2 unspecified atom stereocenters. The summed E-state index contributed by atoms with van der Waals surface area (Å²) in [6.45, 7) is 16.1. The van der Waals surface area contributed by atoms with Crippen molar-refractivity contribution in [3.8, 4) is 0 Å². The zero-order chi connectivity index (χ0) is 16.2. The van der Waals surface area contributed by atoms with E-state index in [1.165, 1.54) is 53.5 Å². The van der Waals surface area contributed by atoms with E-state index < -0.39 is 0 Å². The summed E-state index contributed by atoms with van der Waals surface area (Å²) >= 11 is 0. The minimum Gasteiger partial charge on any atom is -0.313 e. The van der Waals surface area contributed by atoms with Gasteiger partial charge >= 0.3 is 0 Å². The van der Waals surface area contributed by atoms with Gasteiger partial charge in [0.15, 0.2) is 0 Å². The third-order valence-corrected chi connectivity index (χ3v) is 5.60. The minimum atomic E-state index is 0.486. The summed E-state index contributed by atoms with van der Waals surface area (Å²) in [6.07, 6.45) is 5.19. The monoisotopic (exact) mass is 289 g/mol. The van der Waals surface area contributed by atoms with Crippen molar-refractivity contribution in [2.75, 3.05) is 7.05 Å². The average molecular weight is 290 g/mol. The number of hydrogen-bond acceptors (Lipinski definition) is 1. The zero-order valence-electron chi connectivity index (χ0n) is 15.5. The highest BCUT2D eigenvalue weighted by atomic mass is 14.9. The zero-order valence-corrected chi connectivity index (χ0v) is 15.5. The second-order valence-electron chi connectivity index (χ2n) is 6.62. The van der Waals surface area contributed by atoms with Crippen LogP contribution < -0.4 is 5.32 Å². The highest BCUT2D eigenvalue weighted by Crippen LogP contribution is 2.36. The Kier molecular flexibility index (Phi) is 6.93. The van der Waals surface area contributed by atoms with Crippen molar-refractivity contribution in [3.05, 3.63) is 33.4 Å². The molecular weight excluding hydrogens is 254 g/mol. The summed E-state index contributed by atoms with van der Waals surface area (Å²) in [6, 6.07) is 0.486. The number of hydrogen-bond donors (Lipinski definition) is 1. The van der Waals surface area contributed by atoms with Crippen molar-refractivity contribution < 1.29 is 0 Å². The molecule has 2 atom stereocenters. The molecule has 0 radical (unpaired) electrons. The summed E-state index contributed by atoms with van der Waals surface area (Å²) in [5.41, 5.74) is 8.94. The molecule has 0 saturated heterocycles. The van der Waals surface area contributed by atoms with E-state index in [2.05, 4.69) is 60.8 Å². The molecule has 21 heavy (non-hydrogen) atoms. The van der Waals surface area contributed by atoms with Crippen LogP contribution in [0.4, 0.5) is 0 Å². The summed E-state index contributed by atoms with van der Waals surface area (Å²) in [5, 5.41) is 3.63. The molecule has 0 spiro atoms. The van der Waals surface area contributed by atoms with Gasteiger partial charge in [0.1, 0.15) is 0 Å². The van der Waals surface area contributed by atoms with Crippen LogP contribution in [0.5, 0.6) is 0 Å². The van der Waals surface area contributed by atoms with Gasteiger partial charge in [0.25, 0.3) is 0 Å². The molecule has 1 rings (SSSR count). The van der Waals surface area contributed by atoms with Gasteiger partial charge in [-0.3, -0.25) is 0 Å². The van der Waals surface area contributed by atoms with Crippen LogP contribution in [-0.4, -0.2) is 7.05 Å². The molecule has 0 aromatic heterocycles. The van der Waals surface area contributed by atoms with Gasteiger partial charge in [0, 0.05) is 6.04 Å². The Morgan fingerprint density at radius 3 is 1.67 bits per heavy atom. The Bertz CT molecular complexity index is 444. The highest BCUT2D eigenvalue weighted by molar-refractivity contribution is 5.50. The quantitative estimate of drug-likeness (QED) is 0.678. The molecule has 120 valence electrons. The maximum atomic E-state index is 3.63. The lowest BCUT2D eigenvalue weighted by atomic mass is 9.79. The van der Waals surface area contributed by atoms with Gasteiger partial charge < -0.3 is 5.32 Å². The molecule has 1 aromatic carbocycles.